The summed E-state index contributed by atoms with van der Waals surface area (Å²) in [5.74, 6) is -0.451. The van der Waals surface area contributed by atoms with Crippen LogP contribution in [0.5, 0.6) is 5.88 Å². The molecular weight excluding hydrogens is 397 g/mol. The van der Waals surface area contributed by atoms with Crippen LogP contribution in [-0.4, -0.2) is 64.7 Å². The van der Waals surface area contributed by atoms with E-state index in [1.165, 1.54) is 18.6 Å². The molecule has 3 aromatic rings. The minimum atomic E-state index is -0.381. The number of para-hydroxylation sites is 1. The number of aliphatic imine (C=N–C) groups is 1. The lowest BCUT2D eigenvalue weighted by Gasteiger charge is -2.26. The van der Waals surface area contributed by atoms with Gasteiger partial charge in [0, 0.05) is 48.2 Å². The molecule has 0 saturated carbocycles. The Morgan fingerprint density at radius 1 is 1.26 bits per heavy atom. The van der Waals surface area contributed by atoms with E-state index in [0.29, 0.717) is 46.6 Å². The Morgan fingerprint density at radius 3 is 3.00 bits per heavy atom. The number of nitrogens with one attached hydrogen (secondary N) is 2. The number of rotatable bonds is 5. The first-order chi connectivity index (χ1) is 15.2. The van der Waals surface area contributed by atoms with Gasteiger partial charge in [0.15, 0.2) is 5.88 Å². The number of hydrogen-bond donors (Lipinski definition) is 3. The van der Waals surface area contributed by atoms with Gasteiger partial charge in [-0.2, -0.15) is 0 Å². The van der Waals surface area contributed by atoms with E-state index in [9.17, 15) is 9.50 Å². The molecule has 0 radical (unpaired) electrons. The SMILES string of the molecule is Oc1[nH]c2ccc(F)cc2c1C1=Nc2ccccc2C1=NOCCN1C[C@H]2C[C@@H]1CN2. The summed E-state index contributed by atoms with van der Waals surface area (Å²) in [4.78, 5) is 15.8. The Labute approximate surface area is 178 Å². The lowest BCUT2D eigenvalue weighted by molar-refractivity contribution is 0.101. The number of piperazine rings is 1. The fraction of sp³-hybridized carbons (Fsp3) is 0.304. The number of benzene rings is 2. The van der Waals surface area contributed by atoms with Crippen LogP contribution in [0.1, 0.15) is 17.5 Å². The number of aromatic nitrogens is 1. The Kier molecular flexibility index (Phi) is 4.29. The number of fused-ring (bicyclic) bond motifs is 4. The highest BCUT2D eigenvalue weighted by molar-refractivity contribution is 6.58. The fourth-order valence-corrected chi connectivity index (χ4v) is 4.92. The minimum absolute atomic E-state index is 0.0690. The number of aromatic amines is 1. The van der Waals surface area contributed by atoms with E-state index in [0.717, 1.165) is 30.9 Å². The number of halogens is 1. The van der Waals surface area contributed by atoms with Crippen LogP contribution in [0.2, 0.25) is 0 Å². The molecule has 2 saturated heterocycles. The molecule has 6 rings (SSSR count). The average molecular weight is 419 g/mol. The summed E-state index contributed by atoms with van der Waals surface area (Å²) in [6.07, 6.45) is 1.20. The predicted molar refractivity (Wildman–Crippen MR) is 117 cm³/mol. The molecule has 3 aliphatic rings. The van der Waals surface area contributed by atoms with E-state index in [1.807, 2.05) is 24.3 Å². The molecule has 3 aliphatic heterocycles. The van der Waals surface area contributed by atoms with Crippen molar-refractivity contribution in [2.75, 3.05) is 26.2 Å². The second-order valence-corrected chi connectivity index (χ2v) is 8.28. The fourth-order valence-electron chi connectivity index (χ4n) is 4.92. The third kappa shape index (κ3) is 3.10. The molecule has 158 valence electrons. The molecule has 7 nitrogen and oxygen atoms in total. The van der Waals surface area contributed by atoms with Gasteiger partial charge in [0.25, 0.3) is 0 Å². The largest absolute Gasteiger partial charge is 0.494 e. The summed E-state index contributed by atoms with van der Waals surface area (Å²) in [5, 5.41) is 19.1. The predicted octanol–water partition coefficient (Wildman–Crippen LogP) is 2.91. The molecule has 2 atom stereocenters. The molecule has 0 amide bonds. The van der Waals surface area contributed by atoms with E-state index in [4.69, 9.17) is 4.84 Å². The first kappa shape index (κ1) is 18.5. The maximum absolute atomic E-state index is 13.9. The first-order valence-electron chi connectivity index (χ1n) is 10.5. The molecule has 2 aromatic carbocycles. The highest BCUT2D eigenvalue weighted by atomic mass is 19.1. The van der Waals surface area contributed by atoms with Crippen LogP contribution in [-0.2, 0) is 4.84 Å². The van der Waals surface area contributed by atoms with Gasteiger partial charge in [0.05, 0.1) is 11.3 Å². The van der Waals surface area contributed by atoms with Gasteiger partial charge in [-0.05, 0) is 30.7 Å². The Morgan fingerprint density at radius 2 is 2.16 bits per heavy atom. The topological polar surface area (TPSA) is 85.2 Å². The van der Waals surface area contributed by atoms with Crippen LogP contribution in [0, 0.1) is 5.82 Å². The highest BCUT2D eigenvalue weighted by Gasteiger charge is 2.37. The molecule has 31 heavy (non-hydrogen) atoms. The minimum Gasteiger partial charge on any atom is -0.494 e. The standard InChI is InChI=1S/C23H22FN5O2/c24-13-5-6-19-17(9-13)20(23(30)27-19)22-21(16-3-1-2-4-18(16)26-22)28-31-8-7-29-12-14-10-15(29)11-25-14/h1-6,9,14-15,25,27,30H,7-8,10-12H2/t14-,15-/m1/s1. The summed E-state index contributed by atoms with van der Waals surface area (Å²) in [6.45, 7) is 3.38. The van der Waals surface area contributed by atoms with Gasteiger partial charge in [0.1, 0.15) is 23.8 Å². The van der Waals surface area contributed by atoms with Crippen LogP contribution in [0.3, 0.4) is 0 Å². The van der Waals surface area contributed by atoms with Gasteiger partial charge < -0.3 is 20.2 Å². The molecule has 0 spiro atoms. The number of aromatic hydroxyl groups is 1. The van der Waals surface area contributed by atoms with Crippen LogP contribution in [0.4, 0.5) is 10.1 Å². The van der Waals surface area contributed by atoms with E-state index in [-0.39, 0.29) is 11.7 Å². The van der Waals surface area contributed by atoms with E-state index >= 15 is 0 Å². The van der Waals surface area contributed by atoms with Crippen molar-refractivity contribution in [2.24, 2.45) is 10.1 Å². The molecule has 1 aromatic heterocycles. The van der Waals surface area contributed by atoms with Crippen LogP contribution in [0.25, 0.3) is 10.9 Å². The highest BCUT2D eigenvalue weighted by Crippen LogP contribution is 2.36. The summed E-state index contributed by atoms with van der Waals surface area (Å²) in [7, 11) is 0. The van der Waals surface area contributed by atoms with E-state index in [2.05, 4.69) is 25.3 Å². The quantitative estimate of drug-likeness (QED) is 0.439. The number of H-pyrrole nitrogens is 1. The van der Waals surface area contributed by atoms with Crippen molar-refractivity contribution in [3.63, 3.8) is 0 Å². The monoisotopic (exact) mass is 419 g/mol. The zero-order valence-corrected chi connectivity index (χ0v) is 16.8. The van der Waals surface area contributed by atoms with E-state index < -0.39 is 0 Å². The van der Waals surface area contributed by atoms with Crippen LogP contribution < -0.4 is 5.32 Å². The number of oxime groups is 1. The molecule has 0 unspecified atom stereocenters. The van der Waals surface area contributed by atoms with Gasteiger partial charge >= 0.3 is 0 Å². The molecular formula is C23H22FN5O2. The van der Waals surface area contributed by atoms with Crippen molar-refractivity contribution in [3.05, 3.63) is 59.4 Å². The summed E-state index contributed by atoms with van der Waals surface area (Å²) < 4.78 is 13.9. The second kappa shape index (κ2) is 7.18. The van der Waals surface area contributed by atoms with Gasteiger partial charge in [0.2, 0.25) is 0 Å². The summed E-state index contributed by atoms with van der Waals surface area (Å²) in [5.41, 5.74) is 3.64. The molecule has 2 fully saturated rings. The summed E-state index contributed by atoms with van der Waals surface area (Å²) in [6, 6.07) is 13.1. The van der Waals surface area contributed by atoms with Crippen LogP contribution >= 0.6 is 0 Å². The lowest BCUT2D eigenvalue weighted by Crippen LogP contribution is -2.44. The van der Waals surface area contributed by atoms with Gasteiger partial charge in [-0.3, -0.25) is 4.90 Å². The Hall–Kier alpha value is -3.23. The number of nitrogens with zero attached hydrogens (tertiary/aromatic N) is 3. The third-order valence-corrected chi connectivity index (χ3v) is 6.39. The van der Waals surface area contributed by atoms with Crippen molar-refractivity contribution >= 4 is 28.0 Å². The Bertz CT molecular complexity index is 1230. The third-order valence-electron chi connectivity index (χ3n) is 6.39. The van der Waals surface area contributed by atoms with E-state index in [1.54, 1.807) is 6.07 Å². The molecule has 2 bridgehead atoms. The lowest BCUT2D eigenvalue weighted by atomic mass is 10.0. The van der Waals surface area contributed by atoms with Gasteiger partial charge in [-0.1, -0.05) is 23.4 Å². The van der Waals surface area contributed by atoms with Gasteiger partial charge in [-0.15, -0.1) is 0 Å². The maximum atomic E-state index is 13.9. The number of likely N-dealkylation sites (tertiary alicyclic amines) is 1. The average Bonchev–Trinajstić information content (AvgIpc) is 3.52. The Balaban J connectivity index is 1.31. The van der Waals surface area contributed by atoms with Gasteiger partial charge in [-0.25, -0.2) is 9.38 Å². The molecule has 0 aliphatic carbocycles. The maximum Gasteiger partial charge on any atom is 0.199 e. The summed E-state index contributed by atoms with van der Waals surface area (Å²) >= 11 is 0. The molecule has 8 heteroatoms. The molecule has 4 heterocycles. The van der Waals surface area contributed by atoms with Crippen molar-refractivity contribution in [2.45, 2.75) is 18.5 Å². The first-order valence-corrected chi connectivity index (χ1v) is 10.5. The van der Waals surface area contributed by atoms with Crippen molar-refractivity contribution in [1.82, 2.24) is 15.2 Å². The normalized spacial score (nSPS) is 23.6. The van der Waals surface area contributed by atoms with Crippen LogP contribution in [0.15, 0.2) is 52.6 Å². The number of hydrogen-bond acceptors (Lipinski definition) is 6. The van der Waals surface area contributed by atoms with Crippen molar-refractivity contribution in [1.29, 1.82) is 0 Å². The van der Waals surface area contributed by atoms with Crippen molar-refractivity contribution < 1.29 is 14.3 Å². The smallest absolute Gasteiger partial charge is 0.199 e. The van der Waals surface area contributed by atoms with Crippen molar-refractivity contribution in [3.8, 4) is 5.88 Å². The zero-order valence-electron chi connectivity index (χ0n) is 16.8. The zero-order chi connectivity index (χ0) is 20.9. The molecule has 3 N–H and O–H groups in total. The second-order valence-electron chi connectivity index (χ2n) is 8.28.